The monoisotopic (exact) mass is 246 g/mol. The summed E-state index contributed by atoms with van der Waals surface area (Å²) in [5, 5.41) is 10.5. The van der Waals surface area contributed by atoms with Crippen LogP contribution in [0.3, 0.4) is 0 Å². The zero-order chi connectivity index (χ0) is 13.1. The fourth-order valence-corrected chi connectivity index (χ4v) is 1.68. The Morgan fingerprint density at radius 3 is 2.67 bits per heavy atom. The van der Waals surface area contributed by atoms with Crippen LogP contribution in [0, 0.1) is 10.1 Å². The number of hydrogen-bond donors (Lipinski definition) is 2. The van der Waals surface area contributed by atoms with Gasteiger partial charge in [-0.05, 0) is 19.1 Å². The Bertz CT molecular complexity index is 545. The van der Waals surface area contributed by atoms with E-state index >= 15 is 0 Å². The van der Waals surface area contributed by atoms with Gasteiger partial charge in [-0.1, -0.05) is 0 Å². The van der Waals surface area contributed by atoms with Crippen LogP contribution in [-0.2, 0) is 6.42 Å². The van der Waals surface area contributed by atoms with Crippen molar-refractivity contribution in [2.45, 2.75) is 19.4 Å². The van der Waals surface area contributed by atoms with Crippen molar-refractivity contribution in [2.75, 3.05) is 0 Å². The smallest absolute Gasteiger partial charge is 0.269 e. The summed E-state index contributed by atoms with van der Waals surface area (Å²) in [6, 6.07) is 6.38. The van der Waals surface area contributed by atoms with E-state index in [-0.39, 0.29) is 11.7 Å². The number of nitrogens with one attached hydrogen (secondary N) is 1. The molecule has 0 aliphatic rings. The molecule has 6 nitrogen and oxygen atoms in total. The first-order valence-corrected chi connectivity index (χ1v) is 5.60. The van der Waals surface area contributed by atoms with Crippen LogP contribution in [0.25, 0.3) is 11.3 Å². The van der Waals surface area contributed by atoms with E-state index in [0.29, 0.717) is 6.42 Å². The minimum Gasteiger partial charge on any atom is -0.342 e. The molecule has 1 heterocycles. The summed E-state index contributed by atoms with van der Waals surface area (Å²) in [4.78, 5) is 17.5. The lowest BCUT2D eigenvalue weighted by Gasteiger charge is -2.00. The van der Waals surface area contributed by atoms with E-state index in [1.165, 1.54) is 12.1 Å². The van der Waals surface area contributed by atoms with Gasteiger partial charge in [0.15, 0.2) is 0 Å². The first-order chi connectivity index (χ1) is 8.56. The van der Waals surface area contributed by atoms with Gasteiger partial charge in [0.1, 0.15) is 5.82 Å². The normalized spacial score (nSPS) is 12.3. The van der Waals surface area contributed by atoms with E-state index in [1.807, 2.05) is 6.92 Å². The zero-order valence-electron chi connectivity index (χ0n) is 9.96. The number of rotatable bonds is 4. The number of H-pyrrole nitrogens is 1. The number of nitrogens with zero attached hydrogens (tertiary/aromatic N) is 2. The Morgan fingerprint density at radius 1 is 1.44 bits per heavy atom. The molecule has 1 aromatic heterocycles. The minimum absolute atomic E-state index is 0.0425. The molecule has 2 rings (SSSR count). The molecule has 3 N–H and O–H groups in total. The van der Waals surface area contributed by atoms with Crippen molar-refractivity contribution < 1.29 is 4.92 Å². The Kier molecular flexibility index (Phi) is 3.38. The summed E-state index contributed by atoms with van der Waals surface area (Å²) in [6.07, 6.45) is 2.38. The maximum Gasteiger partial charge on any atom is 0.269 e. The van der Waals surface area contributed by atoms with Crippen molar-refractivity contribution in [2.24, 2.45) is 5.73 Å². The van der Waals surface area contributed by atoms with Crippen molar-refractivity contribution in [3.8, 4) is 11.3 Å². The third-order valence-electron chi connectivity index (χ3n) is 2.53. The van der Waals surface area contributed by atoms with Gasteiger partial charge in [-0.15, -0.1) is 0 Å². The molecule has 18 heavy (non-hydrogen) atoms. The quantitative estimate of drug-likeness (QED) is 0.635. The lowest BCUT2D eigenvalue weighted by Crippen LogP contribution is -2.18. The summed E-state index contributed by atoms with van der Waals surface area (Å²) < 4.78 is 0. The Morgan fingerprint density at radius 2 is 2.11 bits per heavy atom. The molecule has 0 fully saturated rings. The highest BCUT2D eigenvalue weighted by Gasteiger charge is 2.08. The zero-order valence-corrected chi connectivity index (χ0v) is 9.96. The van der Waals surface area contributed by atoms with Gasteiger partial charge in [0.05, 0.1) is 16.8 Å². The Balaban J connectivity index is 2.20. The molecule has 0 spiro atoms. The molecule has 1 unspecified atom stereocenters. The summed E-state index contributed by atoms with van der Waals surface area (Å²) in [5.74, 6) is 0.818. The fraction of sp³-hybridized carbons (Fsp3) is 0.250. The molecule has 0 bridgehead atoms. The molecule has 0 saturated carbocycles. The number of aromatic nitrogens is 2. The van der Waals surface area contributed by atoms with E-state index in [4.69, 9.17) is 5.73 Å². The average Bonchev–Trinajstić information content (AvgIpc) is 2.76. The second-order valence-corrected chi connectivity index (χ2v) is 4.23. The van der Waals surface area contributed by atoms with Crippen molar-refractivity contribution >= 4 is 5.69 Å². The minimum atomic E-state index is -0.418. The molecule has 0 radical (unpaired) electrons. The van der Waals surface area contributed by atoms with Crippen LogP contribution in [0.1, 0.15) is 12.7 Å². The molecule has 0 aliphatic heterocycles. The van der Waals surface area contributed by atoms with Crippen LogP contribution in [0.15, 0.2) is 30.5 Å². The number of imidazole rings is 1. The average molecular weight is 246 g/mol. The maximum absolute atomic E-state index is 10.5. The Hall–Kier alpha value is -2.21. The van der Waals surface area contributed by atoms with Gasteiger partial charge in [0.2, 0.25) is 0 Å². The molecule has 1 atom stereocenters. The largest absolute Gasteiger partial charge is 0.342 e. The fourth-order valence-electron chi connectivity index (χ4n) is 1.68. The van der Waals surface area contributed by atoms with Crippen LogP contribution in [0.5, 0.6) is 0 Å². The highest BCUT2D eigenvalue weighted by atomic mass is 16.6. The predicted octanol–water partition coefficient (Wildman–Crippen LogP) is 1.87. The number of aromatic amines is 1. The predicted molar refractivity (Wildman–Crippen MR) is 68.0 cm³/mol. The number of benzene rings is 1. The second kappa shape index (κ2) is 4.97. The topological polar surface area (TPSA) is 97.8 Å². The molecule has 0 amide bonds. The van der Waals surface area contributed by atoms with Gasteiger partial charge in [-0.25, -0.2) is 4.98 Å². The van der Waals surface area contributed by atoms with Gasteiger partial charge < -0.3 is 10.7 Å². The van der Waals surface area contributed by atoms with Gasteiger partial charge in [0, 0.05) is 30.2 Å². The van der Waals surface area contributed by atoms with Crippen LogP contribution in [0.4, 0.5) is 5.69 Å². The Labute approximate surface area is 104 Å². The number of nitrogens with two attached hydrogens (primary N) is 1. The summed E-state index contributed by atoms with van der Waals surface area (Å²) in [6.45, 7) is 1.91. The number of nitro benzene ring substituents is 1. The van der Waals surface area contributed by atoms with Gasteiger partial charge in [-0.2, -0.15) is 0 Å². The standard InChI is InChI=1S/C12H14N4O2/c1-8(13)6-12-14-7-11(15-12)9-2-4-10(5-3-9)16(17)18/h2-5,7-8H,6,13H2,1H3,(H,14,15). The summed E-state index contributed by atoms with van der Waals surface area (Å²) in [7, 11) is 0. The van der Waals surface area contributed by atoms with E-state index in [9.17, 15) is 10.1 Å². The first-order valence-electron chi connectivity index (χ1n) is 5.60. The van der Waals surface area contributed by atoms with E-state index in [0.717, 1.165) is 17.1 Å². The number of non-ortho nitro benzene ring substituents is 1. The van der Waals surface area contributed by atoms with Crippen LogP contribution >= 0.6 is 0 Å². The van der Waals surface area contributed by atoms with Crippen LogP contribution in [0.2, 0.25) is 0 Å². The molecule has 6 heteroatoms. The van der Waals surface area contributed by atoms with Crippen molar-refractivity contribution in [3.63, 3.8) is 0 Å². The van der Waals surface area contributed by atoms with Crippen molar-refractivity contribution in [3.05, 3.63) is 46.4 Å². The molecule has 0 aliphatic carbocycles. The molecule has 94 valence electrons. The van der Waals surface area contributed by atoms with Crippen molar-refractivity contribution in [1.29, 1.82) is 0 Å². The third-order valence-corrected chi connectivity index (χ3v) is 2.53. The van der Waals surface area contributed by atoms with Gasteiger partial charge >= 0.3 is 0 Å². The van der Waals surface area contributed by atoms with Crippen LogP contribution in [-0.4, -0.2) is 20.9 Å². The molecule has 0 saturated heterocycles. The maximum atomic E-state index is 10.5. The number of hydrogen-bond acceptors (Lipinski definition) is 4. The summed E-state index contributed by atoms with van der Waals surface area (Å²) >= 11 is 0. The number of nitro groups is 1. The first kappa shape index (κ1) is 12.3. The van der Waals surface area contributed by atoms with E-state index < -0.39 is 4.92 Å². The molecular weight excluding hydrogens is 232 g/mol. The van der Waals surface area contributed by atoms with Gasteiger partial charge in [-0.3, -0.25) is 10.1 Å². The molecule has 2 aromatic rings. The SMILES string of the molecule is CC(N)Cc1ncc(-c2ccc([N+](=O)[O-])cc2)[nH]1. The van der Waals surface area contributed by atoms with Crippen LogP contribution < -0.4 is 5.73 Å². The lowest BCUT2D eigenvalue weighted by atomic mass is 10.1. The molecular formula is C12H14N4O2. The third kappa shape index (κ3) is 2.72. The second-order valence-electron chi connectivity index (χ2n) is 4.23. The molecule has 1 aromatic carbocycles. The highest BCUT2D eigenvalue weighted by Crippen LogP contribution is 2.20. The van der Waals surface area contributed by atoms with E-state index in [2.05, 4.69) is 9.97 Å². The van der Waals surface area contributed by atoms with Crippen molar-refractivity contribution in [1.82, 2.24) is 9.97 Å². The van der Waals surface area contributed by atoms with E-state index in [1.54, 1.807) is 18.3 Å². The summed E-state index contributed by atoms with van der Waals surface area (Å²) in [5.41, 5.74) is 7.47. The lowest BCUT2D eigenvalue weighted by molar-refractivity contribution is -0.384. The van der Waals surface area contributed by atoms with Gasteiger partial charge in [0.25, 0.3) is 5.69 Å². The highest BCUT2D eigenvalue weighted by molar-refractivity contribution is 5.60.